The van der Waals surface area contributed by atoms with Crippen LogP contribution in [-0.2, 0) is 12.8 Å². The number of rotatable bonds is 1. The predicted molar refractivity (Wildman–Crippen MR) is 58.1 cm³/mol. The third-order valence-corrected chi connectivity index (χ3v) is 3.73. The first-order valence-corrected chi connectivity index (χ1v) is 5.47. The molecule has 0 saturated heterocycles. The molecule has 1 aliphatic carbocycles. The monoisotopic (exact) mass is 197 g/mol. The number of fused-ring (bicyclic) bond motifs is 1. The number of thiophene rings is 1. The minimum atomic E-state index is 0.914. The van der Waals surface area contributed by atoms with Gasteiger partial charge < -0.3 is 5.73 Å². The molecule has 1 aliphatic rings. The summed E-state index contributed by atoms with van der Waals surface area (Å²) in [7, 11) is 0. The molecule has 0 aliphatic heterocycles. The molecule has 1 aromatic rings. The first-order valence-electron chi connectivity index (χ1n) is 4.18. The highest BCUT2D eigenvalue weighted by Gasteiger charge is 2.17. The van der Waals surface area contributed by atoms with Crippen molar-refractivity contribution in [2.75, 3.05) is 5.73 Å². The van der Waals surface area contributed by atoms with Crippen LogP contribution in [0.1, 0.15) is 28.8 Å². The standard InChI is InChI=1S/C9H11NS2/c10-9-7(5-11)6-3-1-2-4-8(6)12-9/h5H,1-4,10H2. The Morgan fingerprint density at radius 2 is 2.08 bits per heavy atom. The van der Waals surface area contributed by atoms with E-state index in [-0.39, 0.29) is 0 Å². The molecule has 64 valence electrons. The van der Waals surface area contributed by atoms with Gasteiger partial charge in [0, 0.05) is 15.8 Å². The molecular weight excluding hydrogens is 186 g/mol. The predicted octanol–water partition coefficient (Wildman–Crippen LogP) is 2.56. The Labute approximate surface area is 81.6 Å². The van der Waals surface area contributed by atoms with Gasteiger partial charge in [0.05, 0.1) is 5.00 Å². The van der Waals surface area contributed by atoms with Gasteiger partial charge in [-0.25, -0.2) is 0 Å². The zero-order valence-electron chi connectivity index (χ0n) is 6.80. The van der Waals surface area contributed by atoms with E-state index in [4.69, 9.17) is 18.0 Å². The summed E-state index contributed by atoms with van der Waals surface area (Å²) in [6.07, 6.45) is 4.97. The van der Waals surface area contributed by atoms with Crippen molar-refractivity contribution in [3.63, 3.8) is 0 Å². The summed E-state index contributed by atoms with van der Waals surface area (Å²) in [6.45, 7) is 0. The molecule has 2 rings (SSSR count). The van der Waals surface area contributed by atoms with Gasteiger partial charge in [-0.2, -0.15) is 0 Å². The molecule has 0 saturated carbocycles. The van der Waals surface area contributed by atoms with Gasteiger partial charge in [0.25, 0.3) is 0 Å². The molecule has 0 unspecified atom stereocenters. The number of hydrogen-bond acceptors (Lipinski definition) is 3. The molecule has 0 atom stereocenters. The highest BCUT2D eigenvalue weighted by Crippen LogP contribution is 2.35. The van der Waals surface area contributed by atoms with Crippen molar-refractivity contribution in [2.24, 2.45) is 0 Å². The molecule has 0 spiro atoms. The number of thiocarbonyl (C=S) groups is 1. The Balaban J connectivity index is 2.53. The van der Waals surface area contributed by atoms with Crippen LogP contribution < -0.4 is 5.73 Å². The SMILES string of the molecule is Nc1sc2c(c1C=S)CCCC2. The first kappa shape index (κ1) is 8.20. The van der Waals surface area contributed by atoms with Crippen molar-refractivity contribution < 1.29 is 0 Å². The maximum Gasteiger partial charge on any atom is 0.0944 e. The smallest absolute Gasteiger partial charge is 0.0944 e. The maximum absolute atomic E-state index is 5.85. The summed E-state index contributed by atoms with van der Waals surface area (Å²) in [5.41, 5.74) is 8.41. The van der Waals surface area contributed by atoms with Gasteiger partial charge in [0.2, 0.25) is 0 Å². The van der Waals surface area contributed by atoms with E-state index in [2.05, 4.69) is 0 Å². The van der Waals surface area contributed by atoms with Gasteiger partial charge in [-0.05, 0) is 31.2 Å². The van der Waals surface area contributed by atoms with Crippen molar-refractivity contribution in [1.82, 2.24) is 0 Å². The minimum Gasteiger partial charge on any atom is -0.390 e. The van der Waals surface area contributed by atoms with Crippen molar-refractivity contribution >= 4 is 33.9 Å². The van der Waals surface area contributed by atoms with Gasteiger partial charge in [-0.15, -0.1) is 11.3 Å². The van der Waals surface area contributed by atoms with E-state index >= 15 is 0 Å². The van der Waals surface area contributed by atoms with E-state index in [0.717, 1.165) is 10.6 Å². The number of nitrogen functional groups attached to an aromatic ring is 1. The molecule has 0 fully saturated rings. The largest absolute Gasteiger partial charge is 0.390 e. The maximum atomic E-state index is 5.85. The molecule has 2 N–H and O–H groups in total. The second-order valence-electron chi connectivity index (χ2n) is 3.11. The molecule has 1 heterocycles. The Kier molecular flexibility index (Phi) is 2.15. The lowest BCUT2D eigenvalue weighted by Gasteiger charge is -2.10. The normalized spacial score (nSPS) is 15.7. The Morgan fingerprint density at radius 1 is 1.33 bits per heavy atom. The second kappa shape index (κ2) is 3.15. The van der Waals surface area contributed by atoms with Crippen LogP contribution in [-0.4, -0.2) is 5.37 Å². The van der Waals surface area contributed by atoms with E-state index in [1.165, 1.54) is 36.1 Å². The third-order valence-electron chi connectivity index (χ3n) is 2.36. The van der Waals surface area contributed by atoms with E-state index < -0.39 is 0 Å². The highest BCUT2D eigenvalue weighted by molar-refractivity contribution is 7.79. The average Bonchev–Trinajstić information content (AvgIpc) is 2.40. The van der Waals surface area contributed by atoms with Crippen molar-refractivity contribution in [1.29, 1.82) is 0 Å². The van der Waals surface area contributed by atoms with Gasteiger partial charge in [0.15, 0.2) is 0 Å². The van der Waals surface area contributed by atoms with E-state index in [9.17, 15) is 0 Å². The quantitative estimate of drug-likeness (QED) is 0.700. The summed E-state index contributed by atoms with van der Waals surface area (Å²) in [6, 6.07) is 0. The van der Waals surface area contributed by atoms with Crippen LogP contribution in [0.15, 0.2) is 0 Å². The van der Waals surface area contributed by atoms with Crippen LogP contribution in [0.2, 0.25) is 0 Å². The first-order chi connectivity index (χ1) is 5.83. The molecular formula is C9H11NS2. The van der Waals surface area contributed by atoms with Crippen LogP contribution in [0.4, 0.5) is 5.00 Å². The fourth-order valence-electron chi connectivity index (χ4n) is 1.74. The summed E-state index contributed by atoms with van der Waals surface area (Å²) >= 11 is 6.67. The Bertz CT molecular complexity index is 315. The number of aryl methyl sites for hydroxylation is 1. The van der Waals surface area contributed by atoms with Gasteiger partial charge in [-0.3, -0.25) is 0 Å². The average molecular weight is 197 g/mol. The summed E-state index contributed by atoms with van der Waals surface area (Å²) in [4.78, 5) is 1.47. The van der Waals surface area contributed by atoms with E-state index in [1.54, 1.807) is 16.7 Å². The van der Waals surface area contributed by atoms with E-state index in [0.29, 0.717) is 0 Å². The van der Waals surface area contributed by atoms with Crippen molar-refractivity contribution in [3.8, 4) is 0 Å². The van der Waals surface area contributed by atoms with Crippen LogP contribution in [0.3, 0.4) is 0 Å². The Morgan fingerprint density at radius 3 is 2.83 bits per heavy atom. The Hall–Kier alpha value is -0.410. The zero-order valence-corrected chi connectivity index (χ0v) is 8.43. The second-order valence-corrected chi connectivity index (χ2v) is 4.48. The van der Waals surface area contributed by atoms with Crippen LogP contribution in [0, 0.1) is 0 Å². The van der Waals surface area contributed by atoms with Crippen LogP contribution >= 0.6 is 23.6 Å². The number of hydrogen-bond donors (Lipinski definition) is 1. The number of anilines is 1. The summed E-state index contributed by atoms with van der Waals surface area (Å²) in [5, 5.41) is 2.65. The lowest BCUT2D eigenvalue weighted by Crippen LogP contribution is -2.00. The minimum absolute atomic E-state index is 0.914. The molecule has 12 heavy (non-hydrogen) atoms. The summed E-state index contributed by atoms with van der Waals surface area (Å²) < 4.78 is 0. The lowest BCUT2D eigenvalue weighted by molar-refractivity contribution is 0.697. The zero-order chi connectivity index (χ0) is 8.55. The number of nitrogens with two attached hydrogens (primary N) is 1. The van der Waals surface area contributed by atoms with Gasteiger partial charge in [0.1, 0.15) is 0 Å². The third kappa shape index (κ3) is 1.17. The molecule has 3 heteroatoms. The lowest BCUT2D eigenvalue weighted by atomic mass is 9.96. The summed E-state index contributed by atoms with van der Waals surface area (Å²) in [5.74, 6) is 0. The molecule has 0 bridgehead atoms. The fraction of sp³-hybridized carbons (Fsp3) is 0.444. The topological polar surface area (TPSA) is 26.0 Å². The molecule has 1 nitrogen and oxygen atoms in total. The molecule has 0 amide bonds. The molecule has 0 aromatic carbocycles. The molecule has 1 aromatic heterocycles. The van der Waals surface area contributed by atoms with Crippen molar-refractivity contribution in [2.45, 2.75) is 25.7 Å². The van der Waals surface area contributed by atoms with Gasteiger partial charge in [-0.1, -0.05) is 12.2 Å². The molecule has 0 radical (unpaired) electrons. The fourth-order valence-corrected chi connectivity index (χ4v) is 3.22. The van der Waals surface area contributed by atoms with Crippen LogP contribution in [0.25, 0.3) is 0 Å². The van der Waals surface area contributed by atoms with E-state index in [1.807, 2.05) is 0 Å². The highest BCUT2D eigenvalue weighted by atomic mass is 32.1. The van der Waals surface area contributed by atoms with Gasteiger partial charge >= 0.3 is 0 Å². The van der Waals surface area contributed by atoms with Crippen molar-refractivity contribution in [3.05, 3.63) is 16.0 Å². The van der Waals surface area contributed by atoms with Crippen LogP contribution in [0.5, 0.6) is 0 Å².